The number of carbonyl (C=O) groups excluding carboxylic acids is 2. The Labute approximate surface area is 187 Å². The Morgan fingerprint density at radius 1 is 1.22 bits per heavy atom. The minimum atomic E-state index is -1.67. The van der Waals surface area contributed by atoms with Crippen LogP contribution < -0.4 is 0 Å². The van der Waals surface area contributed by atoms with Crippen LogP contribution in [0.25, 0.3) is 0 Å². The van der Waals surface area contributed by atoms with E-state index in [1.54, 1.807) is 0 Å². The third-order valence-electron chi connectivity index (χ3n) is 9.75. The quantitative estimate of drug-likeness (QED) is 0.473. The zero-order valence-electron chi connectivity index (χ0n) is 19.0. The van der Waals surface area contributed by atoms with Gasteiger partial charge in [0.25, 0.3) is 0 Å². The highest BCUT2D eigenvalue weighted by atomic mass is 16.5. The fourth-order valence-electron chi connectivity index (χ4n) is 7.84. The maximum atomic E-state index is 12.9. The van der Waals surface area contributed by atoms with Crippen LogP contribution in [0.1, 0.15) is 65.2 Å². The summed E-state index contributed by atoms with van der Waals surface area (Å²) in [7, 11) is 1.28. The highest BCUT2D eigenvalue weighted by Crippen LogP contribution is 2.70. The van der Waals surface area contributed by atoms with Crippen molar-refractivity contribution in [2.45, 2.75) is 82.5 Å². The minimum Gasteiger partial charge on any atom is -0.481 e. The van der Waals surface area contributed by atoms with Crippen molar-refractivity contribution in [3.63, 3.8) is 0 Å². The number of rotatable bonds is 4. The van der Waals surface area contributed by atoms with Gasteiger partial charge in [0.1, 0.15) is 5.60 Å². The van der Waals surface area contributed by atoms with E-state index in [0.29, 0.717) is 24.8 Å². The van der Waals surface area contributed by atoms with Gasteiger partial charge in [0.2, 0.25) is 0 Å². The van der Waals surface area contributed by atoms with Crippen molar-refractivity contribution in [3.8, 4) is 0 Å². The molecule has 0 aliphatic heterocycles. The number of carboxylic acids is 1. The molecule has 0 heterocycles. The molecule has 4 N–H and O–H groups in total. The Kier molecular flexibility index (Phi) is 5.39. The SMILES string of the molecule is COC(=O)[C@@H]1CC2=CC(=O)CC[C@]2(C)[C@]2(O)[C@@H]1[C@@H]1CC[C@@](O)(CCC(=O)O)[C@@]1(C)C[C@H]2O. The Bertz CT molecular complexity index is 881. The molecule has 8 heteroatoms. The lowest BCUT2D eigenvalue weighted by molar-refractivity contribution is -0.273. The van der Waals surface area contributed by atoms with Crippen LogP contribution in [0.2, 0.25) is 0 Å². The highest BCUT2D eigenvalue weighted by Gasteiger charge is 2.74. The van der Waals surface area contributed by atoms with Crippen LogP contribution in [-0.2, 0) is 19.1 Å². The molecule has 8 nitrogen and oxygen atoms in total. The molecule has 4 aliphatic rings. The van der Waals surface area contributed by atoms with Crippen molar-refractivity contribution < 1.29 is 39.5 Å². The van der Waals surface area contributed by atoms with Crippen LogP contribution >= 0.6 is 0 Å². The Balaban J connectivity index is 1.84. The van der Waals surface area contributed by atoms with Crippen molar-refractivity contribution in [1.29, 1.82) is 0 Å². The van der Waals surface area contributed by atoms with Gasteiger partial charge >= 0.3 is 11.9 Å². The molecule has 0 amide bonds. The van der Waals surface area contributed by atoms with Crippen LogP contribution in [0.15, 0.2) is 11.6 Å². The lowest BCUT2D eigenvalue weighted by atomic mass is 9.41. The summed E-state index contributed by atoms with van der Waals surface area (Å²) in [4.78, 5) is 36.3. The van der Waals surface area contributed by atoms with Gasteiger partial charge < -0.3 is 25.2 Å². The van der Waals surface area contributed by atoms with Gasteiger partial charge in [-0.25, -0.2) is 0 Å². The largest absolute Gasteiger partial charge is 0.481 e. The van der Waals surface area contributed by atoms with Crippen molar-refractivity contribution in [1.82, 2.24) is 0 Å². The molecule has 0 saturated heterocycles. The van der Waals surface area contributed by atoms with E-state index in [1.807, 2.05) is 13.8 Å². The number of carbonyl (C=O) groups is 3. The standard InChI is InChI=1S/C24H34O8/c1-21-7-4-14(25)10-13(21)11-15(20(29)32-3)19-16-5-8-23(30,9-6-18(27)28)22(16,2)12-17(26)24(19,21)31/h10,15-17,19,26,30-31H,4-9,11-12H2,1-3H3,(H,27,28)/t15-,16+,17-,19+,21+,22+,23-,24-/m1/s1. The molecule has 178 valence electrons. The molecule has 3 fully saturated rings. The number of aliphatic hydroxyl groups is 3. The third-order valence-corrected chi connectivity index (χ3v) is 9.75. The molecule has 0 aromatic rings. The molecule has 4 aliphatic carbocycles. The summed E-state index contributed by atoms with van der Waals surface area (Å²) in [5, 5.41) is 44.5. The maximum Gasteiger partial charge on any atom is 0.309 e. The second kappa shape index (κ2) is 7.37. The van der Waals surface area contributed by atoms with Gasteiger partial charge in [-0.1, -0.05) is 19.4 Å². The van der Waals surface area contributed by atoms with Gasteiger partial charge in [-0.3, -0.25) is 14.4 Å². The number of hydrogen-bond donors (Lipinski definition) is 4. The van der Waals surface area contributed by atoms with Crippen LogP contribution in [0.5, 0.6) is 0 Å². The number of fused-ring (bicyclic) bond motifs is 5. The maximum absolute atomic E-state index is 12.9. The Morgan fingerprint density at radius 3 is 2.53 bits per heavy atom. The second-order valence-electron chi connectivity index (χ2n) is 10.9. The molecule has 3 saturated carbocycles. The number of ketones is 1. The van der Waals surface area contributed by atoms with Crippen molar-refractivity contribution in [2.24, 2.45) is 28.6 Å². The van der Waals surface area contributed by atoms with Crippen LogP contribution in [0.3, 0.4) is 0 Å². The molecule has 4 rings (SSSR count). The first-order chi connectivity index (χ1) is 14.8. The average Bonchev–Trinajstić information content (AvgIpc) is 2.98. The number of hydrogen-bond acceptors (Lipinski definition) is 7. The summed E-state index contributed by atoms with van der Waals surface area (Å²) in [6, 6.07) is 0. The summed E-state index contributed by atoms with van der Waals surface area (Å²) in [5.74, 6) is -3.32. The molecular weight excluding hydrogens is 416 g/mol. The molecule has 0 radical (unpaired) electrons. The van der Waals surface area contributed by atoms with E-state index in [0.717, 1.165) is 0 Å². The van der Waals surface area contributed by atoms with Crippen molar-refractivity contribution in [2.75, 3.05) is 7.11 Å². The van der Waals surface area contributed by atoms with E-state index in [2.05, 4.69) is 0 Å². The average molecular weight is 451 g/mol. The molecule has 0 aromatic carbocycles. The van der Waals surface area contributed by atoms with Crippen LogP contribution in [0, 0.1) is 28.6 Å². The van der Waals surface area contributed by atoms with Crippen LogP contribution in [0.4, 0.5) is 0 Å². The van der Waals surface area contributed by atoms with Gasteiger partial charge in [0, 0.05) is 29.6 Å². The molecule has 0 bridgehead atoms. The Hall–Kier alpha value is -1.77. The van der Waals surface area contributed by atoms with E-state index in [1.165, 1.54) is 13.2 Å². The predicted molar refractivity (Wildman–Crippen MR) is 112 cm³/mol. The summed E-state index contributed by atoms with van der Waals surface area (Å²) in [6.45, 7) is 3.71. The molecular formula is C24H34O8. The number of aliphatic carboxylic acids is 1. The lowest BCUT2D eigenvalue weighted by Gasteiger charge is -2.66. The van der Waals surface area contributed by atoms with Gasteiger partial charge in [0.05, 0.1) is 24.7 Å². The van der Waals surface area contributed by atoms with E-state index in [9.17, 15) is 34.8 Å². The van der Waals surface area contributed by atoms with Gasteiger partial charge in [0.15, 0.2) is 5.78 Å². The molecule has 32 heavy (non-hydrogen) atoms. The number of carboxylic acid groups (broad SMARTS) is 1. The van der Waals surface area contributed by atoms with Crippen molar-refractivity contribution in [3.05, 3.63) is 11.6 Å². The topological polar surface area (TPSA) is 141 Å². The summed E-state index contributed by atoms with van der Waals surface area (Å²) in [5.41, 5.74) is -4.06. The summed E-state index contributed by atoms with van der Waals surface area (Å²) >= 11 is 0. The first kappa shape index (κ1) is 23.4. The number of methoxy groups -OCH3 is 1. The second-order valence-corrected chi connectivity index (χ2v) is 10.9. The zero-order chi connectivity index (χ0) is 23.7. The molecule has 0 unspecified atom stereocenters. The zero-order valence-corrected chi connectivity index (χ0v) is 19.0. The number of esters is 1. The van der Waals surface area contributed by atoms with Gasteiger partial charge in [-0.2, -0.15) is 0 Å². The molecule has 0 aromatic heterocycles. The van der Waals surface area contributed by atoms with E-state index < -0.39 is 51.9 Å². The molecule has 0 spiro atoms. The minimum absolute atomic E-state index is 0.0486. The van der Waals surface area contributed by atoms with Crippen LogP contribution in [-0.4, -0.2) is 62.6 Å². The van der Waals surface area contributed by atoms with E-state index in [4.69, 9.17) is 4.74 Å². The summed E-state index contributed by atoms with van der Waals surface area (Å²) in [6.07, 6.45) is 1.95. The monoisotopic (exact) mass is 450 g/mol. The Morgan fingerprint density at radius 2 is 1.91 bits per heavy atom. The van der Waals surface area contributed by atoms with Gasteiger partial charge in [-0.05, 0) is 50.5 Å². The predicted octanol–water partition coefficient (Wildman–Crippen LogP) is 1.60. The third kappa shape index (κ3) is 2.88. The lowest BCUT2D eigenvalue weighted by Crippen LogP contribution is -2.73. The number of aliphatic hydroxyl groups excluding tert-OH is 1. The first-order valence-corrected chi connectivity index (χ1v) is 11.5. The van der Waals surface area contributed by atoms with Gasteiger partial charge in [-0.15, -0.1) is 0 Å². The summed E-state index contributed by atoms with van der Waals surface area (Å²) < 4.78 is 5.09. The van der Waals surface area contributed by atoms with E-state index >= 15 is 0 Å². The fraction of sp³-hybridized carbons (Fsp3) is 0.792. The van der Waals surface area contributed by atoms with Crippen molar-refractivity contribution >= 4 is 17.7 Å². The number of ether oxygens (including phenoxy) is 1. The molecule has 8 atom stereocenters. The fourth-order valence-corrected chi connectivity index (χ4v) is 7.84. The first-order valence-electron chi connectivity index (χ1n) is 11.5. The van der Waals surface area contributed by atoms with E-state index in [-0.39, 0.29) is 43.8 Å². The smallest absolute Gasteiger partial charge is 0.309 e. The normalized spacial score (nSPS) is 47.7. The highest BCUT2D eigenvalue weighted by molar-refractivity contribution is 5.92.